The van der Waals surface area contributed by atoms with E-state index < -0.39 is 0 Å². The van der Waals surface area contributed by atoms with Crippen LogP contribution in [-0.2, 0) is 5.41 Å². The fourth-order valence-corrected chi connectivity index (χ4v) is 2.52. The van der Waals surface area contributed by atoms with Gasteiger partial charge in [0.2, 0.25) is 0 Å². The van der Waals surface area contributed by atoms with Crippen molar-refractivity contribution in [1.82, 2.24) is 0 Å². The van der Waals surface area contributed by atoms with E-state index in [4.69, 9.17) is 5.73 Å². The fraction of sp³-hybridized carbons (Fsp3) is 0.571. The number of benzene rings is 1. The van der Waals surface area contributed by atoms with Gasteiger partial charge in [-0.3, -0.25) is 0 Å². The molecule has 0 bridgehead atoms. The van der Waals surface area contributed by atoms with Crippen molar-refractivity contribution in [3.63, 3.8) is 0 Å². The number of hydrogen-bond acceptors (Lipinski definition) is 2. The van der Waals surface area contributed by atoms with Gasteiger partial charge >= 0.3 is 0 Å². The van der Waals surface area contributed by atoms with E-state index in [9.17, 15) is 5.11 Å². The predicted molar refractivity (Wildman–Crippen MR) is 66.8 cm³/mol. The Morgan fingerprint density at radius 2 is 2.06 bits per heavy atom. The van der Waals surface area contributed by atoms with Gasteiger partial charge in [0.15, 0.2) is 0 Å². The molecule has 0 amide bonds. The minimum Gasteiger partial charge on any atom is -0.508 e. The van der Waals surface area contributed by atoms with E-state index in [1.54, 1.807) is 0 Å². The van der Waals surface area contributed by atoms with E-state index in [0.717, 1.165) is 18.4 Å². The first-order chi connectivity index (χ1) is 7.59. The maximum Gasteiger partial charge on any atom is 0.119 e. The number of rotatable bonds is 3. The topological polar surface area (TPSA) is 46.2 Å². The third-order valence-electron chi connectivity index (χ3n) is 3.96. The van der Waals surface area contributed by atoms with Crippen LogP contribution in [0.3, 0.4) is 0 Å². The third kappa shape index (κ3) is 1.71. The predicted octanol–water partition coefficient (Wildman–Crippen LogP) is 2.90. The molecule has 1 saturated carbocycles. The first-order valence-corrected chi connectivity index (χ1v) is 6.12. The van der Waals surface area contributed by atoms with Crippen molar-refractivity contribution in [1.29, 1.82) is 0 Å². The fourth-order valence-electron chi connectivity index (χ4n) is 2.52. The maximum absolute atomic E-state index is 9.99. The van der Waals surface area contributed by atoms with E-state index in [1.165, 1.54) is 12.0 Å². The molecule has 0 radical (unpaired) electrons. The Balaban J connectivity index is 2.42. The second kappa shape index (κ2) is 4.10. The van der Waals surface area contributed by atoms with Crippen LogP contribution in [0.2, 0.25) is 0 Å². The minimum atomic E-state index is 0.0506. The monoisotopic (exact) mass is 219 g/mol. The number of phenolic OH excluding ortho intramolecular Hbond substituents is 1. The molecule has 1 aromatic rings. The van der Waals surface area contributed by atoms with Crippen LogP contribution < -0.4 is 5.73 Å². The van der Waals surface area contributed by atoms with Crippen LogP contribution in [0.15, 0.2) is 18.2 Å². The molecular weight excluding hydrogens is 198 g/mol. The first-order valence-electron chi connectivity index (χ1n) is 6.12. The number of nitrogens with two attached hydrogens (primary N) is 1. The van der Waals surface area contributed by atoms with Crippen LogP contribution in [0, 0.1) is 0 Å². The van der Waals surface area contributed by atoms with Crippen molar-refractivity contribution in [2.45, 2.75) is 44.4 Å². The van der Waals surface area contributed by atoms with Gasteiger partial charge in [0, 0.05) is 17.5 Å². The molecule has 0 aromatic heterocycles. The smallest absolute Gasteiger partial charge is 0.119 e. The largest absolute Gasteiger partial charge is 0.508 e. The number of aromatic hydroxyl groups is 1. The molecule has 0 unspecified atom stereocenters. The van der Waals surface area contributed by atoms with Crippen molar-refractivity contribution in [3.8, 4) is 5.75 Å². The van der Waals surface area contributed by atoms with Crippen molar-refractivity contribution >= 4 is 0 Å². The van der Waals surface area contributed by atoms with Crippen molar-refractivity contribution in [2.24, 2.45) is 5.73 Å². The molecule has 1 aliphatic carbocycles. The molecular formula is C14H21NO. The Morgan fingerprint density at radius 3 is 2.50 bits per heavy atom. The minimum absolute atomic E-state index is 0.0506. The lowest BCUT2D eigenvalue weighted by Gasteiger charge is -2.42. The van der Waals surface area contributed by atoms with Crippen LogP contribution in [0.5, 0.6) is 5.75 Å². The summed E-state index contributed by atoms with van der Waals surface area (Å²) in [5.41, 5.74) is 8.28. The number of hydrogen-bond donors (Lipinski definition) is 2. The van der Waals surface area contributed by atoms with Crippen molar-refractivity contribution < 1.29 is 5.11 Å². The van der Waals surface area contributed by atoms with Gasteiger partial charge < -0.3 is 10.8 Å². The summed E-state index contributed by atoms with van der Waals surface area (Å²) in [6, 6.07) is 5.97. The van der Waals surface area contributed by atoms with Crippen LogP contribution in [0.25, 0.3) is 0 Å². The van der Waals surface area contributed by atoms with Gasteiger partial charge in [-0.15, -0.1) is 0 Å². The summed E-state index contributed by atoms with van der Waals surface area (Å²) < 4.78 is 0. The lowest BCUT2D eigenvalue weighted by molar-refractivity contribution is 0.245. The van der Waals surface area contributed by atoms with Crippen LogP contribution >= 0.6 is 0 Å². The quantitative estimate of drug-likeness (QED) is 0.821. The lowest BCUT2D eigenvalue weighted by Crippen LogP contribution is -2.41. The van der Waals surface area contributed by atoms with Gasteiger partial charge in [0.05, 0.1) is 0 Å². The van der Waals surface area contributed by atoms with E-state index >= 15 is 0 Å². The molecule has 0 saturated heterocycles. The molecule has 0 heterocycles. The highest BCUT2D eigenvalue weighted by molar-refractivity contribution is 5.44. The van der Waals surface area contributed by atoms with Crippen molar-refractivity contribution in [3.05, 3.63) is 29.3 Å². The maximum atomic E-state index is 9.99. The Labute approximate surface area is 97.5 Å². The van der Waals surface area contributed by atoms with Gasteiger partial charge in [-0.1, -0.05) is 32.4 Å². The molecule has 0 spiro atoms. The van der Waals surface area contributed by atoms with E-state index in [0.29, 0.717) is 18.2 Å². The Kier molecular flexibility index (Phi) is 2.94. The third-order valence-corrected chi connectivity index (χ3v) is 3.96. The van der Waals surface area contributed by atoms with E-state index in [1.807, 2.05) is 12.1 Å². The van der Waals surface area contributed by atoms with Crippen LogP contribution in [-0.4, -0.2) is 11.7 Å². The Bertz CT molecular complexity index is 375. The van der Waals surface area contributed by atoms with Gasteiger partial charge in [-0.05, 0) is 30.4 Å². The Hall–Kier alpha value is -1.02. The van der Waals surface area contributed by atoms with Gasteiger partial charge in [0.1, 0.15) is 5.75 Å². The Morgan fingerprint density at radius 1 is 1.38 bits per heavy atom. The summed E-state index contributed by atoms with van der Waals surface area (Å²) in [5, 5.41) is 9.99. The molecule has 3 N–H and O–H groups in total. The average Bonchev–Trinajstić information content (AvgIpc) is 2.19. The summed E-state index contributed by atoms with van der Waals surface area (Å²) in [6.45, 7) is 4.99. The normalized spacial score (nSPS) is 18.5. The zero-order chi connectivity index (χ0) is 11.8. The highest BCUT2D eigenvalue weighted by Gasteiger charge is 2.39. The lowest BCUT2D eigenvalue weighted by atomic mass is 9.64. The van der Waals surface area contributed by atoms with Crippen molar-refractivity contribution in [2.75, 3.05) is 6.54 Å². The average molecular weight is 219 g/mol. The second-order valence-electron chi connectivity index (χ2n) is 5.27. The van der Waals surface area contributed by atoms with E-state index in [-0.39, 0.29) is 5.41 Å². The summed E-state index contributed by atoms with van der Waals surface area (Å²) in [5.74, 6) is 0.906. The molecule has 2 nitrogen and oxygen atoms in total. The molecule has 2 heteroatoms. The van der Waals surface area contributed by atoms with E-state index in [2.05, 4.69) is 19.9 Å². The SMILES string of the molecule is CC(C)c1ccc(O)c(C2(CN)CCC2)c1. The molecule has 2 rings (SSSR count). The summed E-state index contributed by atoms with van der Waals surface area (Å²) in [4.78, 5) is 0. The second-order valence-corrected chi connectivity index (χ2v) is 5.27. The number of phenols is 1. The molecule has 88 valence electrons. The summed E-state index contributed by atoms with van der Waals surface area (Å²) in [6.07, 6.45) is 3.44. The zero-order valence-electron chi connectivity index (χ0n) is 10.2. The highest BCUT2D eigenvalue weighted by Crippen LogP contribution is 2.46. The molecule has 1 fully saturated rings. The first kappa shape index (κ1) is 11.5. The molecule has 0 atom stereocenters. The van der Waals surface area contributed by atoms with Crippen LogP contribution in [0.4, 0.5) is 0 Å². The highest BCUT2D eigenvalue weighted by atomic mass is 16.3. The van der Waals surface area contributed by atoms with Gasteiger partial charge in [-0.25, -0.2) is 0 Å². The summed E-state index contributed by atoms with van der Waals surface area (Å²) in [7, 11) is 0. The molecule has 16 heavy (non-hydrogen) atoms. The molecule has 0 aliphatic heterocycles. The zero-order valence-corrected chi connectivity index (χ0v) is 10.2. The van der Waals surface area contributed by atoms with Crippen LogP contribution in [0.1, 0.15) is 50.2 Å². The summed E-state index contributed by atoms with van der Waals surface area (Å²) >= 11 is 0. The molecule has 1 aliphatic rings. The van der Waals surface area contributed by atoms with Gasteiger partial charge in [-0.2, -0.15) is 0 Å². The molecule has 1 aromatic carbocycles. The van der Waals surface area contributed by atoms with Gasteiger partial charge in [0.25, 0.3) is 0 Å². The standard InChI is InChI=1S/C14H21NO/c1-10(2)11-4-5-13(16)12(8-11)14(9-15)6-3-7-14/h4-5,8,10,16H,3,6-7,9,15H2,1-2H3.